The van der Waals surface area contributed by atoms with Crippen molar-refractivity contribution in [1.29, 1.82) is 0 Å². The summed E-state index contributed by atoms with van der Waals surface area (Å²) in [7, 11) is 0. The van der Waals surface area contributed by atoms with Gasteiger partial charge in [0.2, 0.25) is 0 Å². The maximum atomic E-state index is 6.02. The summed E-state index contributed by atoms with van der Waals surface area (Å²) >= 11 is 13.6. The highest BCUT2D eigenvalue weighted by atomic mass is 35.5. The van der Waals surface area contributed by atoms with Crippen LogP contribution >= 0.6 is 34.5 Å². The number of hydrogen-bond donors (Lipinski definition) is 1. The Labute approximate surface area is 121 Å². The van der Waals surface area contributed by atoms with Crippen molar-refractivity contribution < 1.29 is 0 Å². The van der Waals surface area contributed by atoms with Gasteiger partial charge >= 0.3 is 0 Å². The number of nitrogens with zero attached hydrogens (tertiary/aromatic N) is 1. The van der Waals surface area contributed by atoms with Crippen LogP contribution in [0.3, 0.4) is 0 Å². The van der Waals surface area contributed by atoms with Crippen molar-refractivity contribution in [3.05, 3.63) is 50.4 Å². The highest BCUT2D eigenvalue weighted by Gasteiger charge is 2.13. The lowest BCUT2D eigenvalue weighted by Gasteiger charge is -2.19. The van der Waals surface area contributed by atoms with Crippen molar-refractivity contribution in [1.82, 2.24) is 10.3 Å². The van der Waals surface area contributed by atoms with Gasteiger partial charge in [0.25, 0.3) is 0 Å². The van der Waals surface area contributed by atoms with Crippen LogP contribution in [0.4, 0.5) is 0 Å². The van der Waals surface area contributed by atoms with Crippen molar-refractivity contribution in [2.24, 2.45) is 0 Å². The fraction of sp³-hybridized carbons (Fsp3) is 0.308. The molecule has 0 aliphatic carbocycles. The smallest absolute Gasteiger partial charge is 0.109 e. The summed E-state index contributed by atoms with van der Waals surface area (Å²) in [4.78, 5) is 4.30. The Morgan fingerprint density at radius 3 is 2.56 bits per heavy atom. The van der Waals surface area contributed by atoms with Crippen molar-refractivity contribution in [3.8, 4) is 0 Å². The maximum absolute atomic E-state index is 6.02. The second-order valence-corrected chi connectivity index (χ2v) is 5.89. The van der Waals surface area contributed by atoms with E-state index in [0.29, 0.717) is 10.0 Å². The number of thiazole rings is 1. The molecule has 2 aromatic rings. The molecule has 0 aliphatic rings. The Bertz CT molecular complexity index is 514. The highest BCUT2D eigenvalue weighted by Crippen LogP contribution is 2.27. The Morgan fingerprint density at radius 2 is 1.94 bits per heavy atom. The van der Waals surface area contributed by atoms with E-state index in [1.165, 1.54) is 0 Å². The van der Waals surface area contributed by atoms with Crippen molar-refractivity contribution in [2.75, 3.05) is 0 Å². The van der Waals surface area contributed by atoms with Crippen molar-refractivity contribution in [3.63, 3.8) is 0 Å². The Balaban J connectivity index is 2.07. The molecule has 0 saturated carbocycles. The van der Waals surface area contributed by atoms with Crippen LogP contribution in [0.15, 0.2) is 29.8 Å². The van der Waals surface area contributed by atoms with Gasteiger partial charge in [-0.05, 0) is 31.5 Å². The first-order chi connectivity index (χ1) is 8.58. The quantitative estimate of drug-likeness (QED) is 0.872. The topological polar surface area (TPSA) is 24.9 Å². The molecule has 0 bridgehead atoms. The molecule has 18 heavy (non-hydrogen) atoms. The third kappa shape index (κ3) is 3.23. The highest BCUT2D eigenvalue weighted by molar-refractivity contribution is 7.09. The van der Waals surface area contributed by atoms with E-state index in [9.17, 15) is 0 Å². The monoisotopic (exact) mass is 300 g/mol. The second-order valence-electron chi connectivity index (χ2n) is 4.15. The van der Waals surface area contributed by atoms with Crippen LogP contribution < -0.4 is 5.32 Å². The standard InChI is InChI=1S/C13H14Cl2N2S/c1-8(10-3-4-11(14)12(15)7-10)17-9(2)13-16-5-6-18-13/h3-9,17H,1-2H3/t8-,9-/m1/s1. The summed E-state index contributed by atoms with van der Waals surface area (Å²) in [6.07, 6.45) is 1.82. The number of benzene rings is 1. The lowest BCUT2D eigenvalue weighted by molar-refractivity contribution is 0.493. The van der Waals surface area contributed by atoms with Crippen LogP contribution in [0.1, 0.15) is 36.5 Å². The molecule has 0 fully saturated rings. The molecular weight excluding hydrogens is 287 g/mol. The molecule has 2 rings (SSSR count). The molecular formula is C13H14Cl2N2S. The molecule has 96 valence electrons. The third-order valence-electron chi connectivity index (χ3n) is 2.77. The SMILES string of the molecule is C[C@@H](N[C@H](C)c1nccs1)c1ccc(Cl)c(Cl)c1. The van der Waals surface area contributed by atoms with Crippen molar-refractivity contribution in [2.45, 2.75) is 25.9 Å². The molecule has 5 heteroatoms. The number of nitrogens with one attached hydrogen (secondary N) is 1. The van der Waals surface area contributed by atoms with Gasteiger partial charge < -0.3 is 5.32 Å². The summed E-state index contributed by atoms with van der Waals surface area (Å²) in [5.41, 5.74) is 1.12. The molecule has 0 aliphatic heterocycles. The van der Waals surface area contributed by atoms with Crippen molar-refractivity contribution >= 4 is 34.5 Å². The Morgan fingerprint density at radius 1 is 1.17 bits per heavy atom. The van der Waals surface area contributed by atoms with Crippen LogP contribution in [0.25, 0.3) is 0 Å². The summed E-state index contributed by atoms with van der Waals surface area (Å²) in [5.74, 6) is 0. The minimum Gasteiger partial charge on any atom is -0.302 e. The molecule has 1 heterocycles. The van der Waals surface area contributed by atoms with Gasteiger partial charge in [-0.15, -0.1) is 11.3 Å². The van der Waals surface area contributed by atoms with Gasteiger partial charge in [-0.1, -0.05) is 29.3 Å². The average Bonchev–Trinajstić information content (AvgIpc) is 2.86. The van der Waals surface area contributed by atoms with E-state index in [0.717, 1.165) is 10.6 Å². The van der Waals surface area contributed by atoms with Gasteiger partial charge in [-0.25, -0.2) is 4.98 Å². The molecule has 2 atom stereocenters. The summed E-state index contributed by atoms with van der Waals surface area (Å²) in [6, 6.07) is 6.12. The first-order valence-electron chi connectivity index (χ1n) is 5.68. The summed E-state index contributed by atoms with van der Waals surface area (Å²) in [6.45, 7) is 4.20. The molecule has 0 unspecified atom stereocenters. The van der Waals surface area contributed by atoms with Gasteiger partial charge in [0.15, 0.2) is 0 Å². The minimum atomic E-state index is 0.193. The van der Waals surface area contributed by atoms with E-state index in [2.05, 4.69) is 24.1 Å². The number of halogens is 2. The predicted molar refractivity (Wildman–Crippen MR) is 78.5 cm³/mol. The second kappa shape index (κ2) is 6.02. The molecule has 1 N–H and O–H groups in total. The maximum Gasteiger partial charge on any atom is 0.109 e. The lowest BCUT2D eigenvalue weighted by atomic mass is 10.1. The Kier molecular flexibility index (Phi) is 4.62. The average molecular weight is 301 g/mol. The first kappa shape index (κ1) is 13.8. The van der Waals surface area contributed by atoms with E-state index in [-0.39, 0.29) is 12.1 Å². The first-order valence-corrected chi connectivity index (χ1v) is 7.32. The van der Waals surface area contributed by atoms with Gasteiger partial charge in [-0.3, -0.25) is 0 Å². The van der Waals surface area contributed by atoms with Crippen LogP contribution in [0, 0.1) is 0 Å². The molecule has 2 nitrogen and oxygen atoms in total. The van der Waals surface area contributed by atoms with Gasteiger partial charge in [0, 0.05) is 17.6 Å². The zero-order chi connectivity index (χ0) is 13.1. The fourth-order valence-corrected chi connectivity index (χ4v) is 2.73. The van der Waals surface area contributed by atoms with E-state index >= 15 is 0 Å². The lowest BCUT2D eigenvalue weighted by Crippen LogP contribution is -2.22. The van der Waals surface area contributed by atoms with Gasteiger partial charge in [-0.2, -0.15) is 0 Å². The fourth-order valence-electron chi connectivity index (χ4n) is 1.77. The zero-order valence-corrected chi connectivity index (χ0v) is 12.5. The largest absolute Gasteiger partial charge is 0.302 e. The number of aromatic nitrogens is 1. The number of hydrogen-bond acceptors (Lipinski definition) is 3. The normalized spacial score (nSPS) is 14.4. The molecule has 0 amide bonds. The van der Waals surface area contributed by atoms with E-state index in [1.807, 2.05) is 29.8 Å². The third-order valence-corrected chi connectivity index (χ3v) is 4.46. The molecule has 0 spiro atoms. The molecule has 1 aromatic heterocycles. The van der Waals surface area contributed by atoms with E-state index < -0.39 is 0 Å². The molecule has 1 aromatic carbocycles. The van der Waals surface area contributed by atoms with Crippen LogP contribution in [0.5, 0.6) is 0 Å². The van der Waals surface area contributed by atoms with E-state index in [1.54, 1.807) is 11.3 Å². The Hall–Kier alpha value is -0.610. The summed E-state index contributed by atoms with van der Waals surface area (Å²) in [5, 5.41) is 7.73. The molecule has 0 radical (unpaired) electrons. The predicted octanol–water partition coefficient (Wildman–Crippen LogP) is 4.86. The van der Waals surface area contributed by atoms with Crippen LogP contribution in [0.2, 0.25) is 10.0 Å². The molecule has 0 saturated heterocycles. The minimum absolute atomic E-state index is 0.193. The van der Waals surface area contributed by atoms with Gasteiger partial charge in [0.05, 0.1) is 16.1 Å². The van der Waals surface area contributed by atoms with Crippen LogP contribution in [-0.4, -0.2) is 4.98 Å². The van der Waals surface area contributed by atoms with E-state index in [4.69, 9.17) is 23.2 Å². The zero-order valence-electron chi connectivity index (χ0n) is 10.2. The number of rotatable bonds is 4. The van der Waals surface area contributed by atoms with Crippen LogP contribution in [-0.2, 0) is 0 Å². The van der Waals surface area contributed by atoms with Gasteiger partial charge in [0.1, 0.15) is 5.01 Å². The summed E-state index contributed by atoms with van der Waals surface area (Å²) < 4.78 is 0.